The topological polar surface area (TPSA) is 413 Å². The minimum Gasteiger partial charge on any atom is -0.432 e. The van der Waals surface area contributed by atoms with Crippen molar-refractivity contribution in [3.8, 4) is 0 Å². The molecule has 0 spiro atoms. The molecule has 0 aromatic carbocycles. The Hall–Kier alpha value is -1.75. The van der Waals surface area contributed by atoms with E-state index in [0.717, 1.165) is 25.7 Å². The van der Waals surface area contributed by atoms with Crippen LogP contribution in [-0.4, -0.2) is 263 Å². The van der Waals surface area contributed by atoms with Gasteiger partial charge < -0.3 is 124 Å². The van der Waals surface area contributed by atoms with Crippen molar-refractivity contribution >= 4 is 5.97 Å². The molecule has 10 rings (SSSR count). The second-order valence-electron chi connectivity index (χ2n) is 28.7. The van der Waals surface area contributed by atoms with E-state index < -0.39 is 190 Å². The van der Waals surface area contributed by atoms with Crippen molar-refractivity contribution in [3.05, 3.63) is 11.6 Å². The molecule has 10 aliphatic rings. The highest BCUT2D eigenvalue weighted by Crippen LogP contribution is 2.76. The van der Waals surface area contributed by atoms with Crippen LogP contribution in [0.4, 0.5) is 0 Å². The molecule has 0 aromatic heterocycles. The Labute approximate surface area is 494 Å². The molecule has 15 N–H and O–H groups in total. The largest absolute Gasteiger partial charge is 0.432 e. The number of ether oxygens (including phenoxy) is 10. The fourth-order valence-electron chi connectivity index (χ4n) is 17.6. The molecule has 9 fully saturated rings. The summed E-state index contributed by atoms with van der Waals surface area (Å²) in [4.78, 5) is 15.2. The number of fused-ring (bicyclic) bond motifs is 7. The maximum Gasteiger partial charge on any atom is 0.315 e. The first-order valence-electron chi connectivity index (χ1n) is 30.6. The Morgan fingerprint density at radius 2 is 1.13 bits per heavy atom. The zero-order valence-corrected chi connectivity index (χ0v) is 49.8. The Morgan fingerprint density at radius 3 is 1.80 bits per heavy atom. The van der Waals surface area contributed by atoms with Gasteiger partial charge in [-0.2, -0.15) is 0 Å². The zero-order chi connectivity index (χ0) is 62.0. The summed E-state index contributed by atoms with van der Waals surface area (Å²) in [7, 11) is 0. The Bertz CT molecular complexity index is 2360. The summed E-state index contributed by atoms with van der Waals surface area (Å²) in [5, 5.41) is 161. The molecular weight excluding hydrogens is 1120 g/mol. The third-order valence-corrected chi connectivity index (χ3v) is 23.1. The van der Waals surface area contributed by atoms with Gasteiger partial charge in [-0.15, -0.1) is 0 Å². The molecule has 0 unspecified atom stereocenters. The number of hydrogen-bond acceptors (Lipinski definition) is 26. The predicted molar refractivity (Wildman–Crippen MR) is 288 cm³/mol. The van der Waals surface area contributed by atoms with E-state index in [0.29, 0.717) is 38.5 Å². The summed E-state index contributed by atoms with van der Waals surface area (Å²) in [5.74, 6) is -0.482. The van der Waals surface area contributed by atoms with Gasteiger partial charge in [0.15, 0.2) is 25.2 Å². The number of carbonyl (C=O) groups excluding carboxylic acids is 1. The molecule has 5 aliphatic heterocycles. The Morgan fingerprint density at radius 1 is 0.553 bits per heavy atom. The number of carbonyl (C=O) groups is 1. The van der Waals surface area contributed by atoms with Crippen molar-refractivity contribution in [1.82, 2.24) is 0 Å². The minimum absolute atomic E-state index is 0.156. The fourth-order valence-corrected chi connectivity index (χ4v) is 17.6. The monoisotopic (exact) mass is 1220 g/mol. The molecule has 26 heteroatoms. The highest BCUT2D eigenvalue weighted by molar-refractivity contribution is 5.79. The Kier molecular flexibility index (Phi) is 19.0. The van der Waals surface area contributed by atoms with Crippen LogP contribution in [0.15, 0.2) is 11.6 Å². The number of aliphatic hydroxyl groups is 15. The van der Waals surface area contributed by atoms with Crippen molar-refractivity contribution < 1.29 is 129 Å². The lowest BCUT2D eigenvalue weighted by molar-refractivity contribution is -0.361. The van der Waals surface area contributed by atoms with Gasteiger partial charge in [0, 0.05) is 0 Å². The molecule has 5 saturated heterocycles. The highest BCUT2D eigenvalue weighted by atomic mass is 16.8. The van der Waals surface area contributed by atoms with E-state index in [-0.39, 0.29) is 46.0 Å². The number of esters is 1. The van der Waals surface area contributed by atoms with Crippen molar-refractivity contribution in [2.45, 2.75) is 273 Å². The van der Waals surface area contributed by atoms with Crippen LogP contribution in [0, 0.1) is 50.2 Å². The summed E-state index contributed by atoms with van der Waals surface area (Å²) >= 11 is 0. The zero-order valence-electron chi connectivity index (χ0n) is 49.8. The van der Waals surface area contributed by atoms with Gasteiger partial charge in [-0.3, -0.25) is 4.79 Å². The smallest absolute Gasteiger partial charge is 0.315 e. The SMILES string of the molecule is C[C@@H]1O[C@@H](O[C@H]2[C@H](O)[C@@H](O)[C@H](OC[C@H]3O[C@@H](OC(=O)[C@]45CCC(C)(C)C[C@@H]4C4=CC[C@@H]6[C@@]7(C)CC[C@H](O[C@@H]8OC[C@H](O)[C@H](O[C@@H]9O[C@H](CO)[C@@H](O)[C@H](O)[C@H]9O)[C@H]8O)C(C)(C)[C@H]7CC[C@@]6(C)[C@]4(C)CC5)[C@H](O)[C@@H](O)[C@@H]3O)O[C@@H]2CO)[C@H](O)[C@H](O)[C@H]1O. The van der Waals surface area contributed by atoms with E-state index in [2.05, 4.69) is 54.5 Å². The molecule has 26 nitrogen and oxygen atoms in total. The lowest BCUT2D eigenvalue weighted by atomic mass is 9.33. The molecular formula is C59H96O26. The maximum atomic E-state index is 15.2. The number of rotatable bonds is 13. The lowest BCUT2D eigenvalue weighted by Gasteiger charge is -2.71. The molecule has 488 valence electrons. The normalized spacial score (nSPS) is 54.1. The van der Waals surface area contributed by atoms with Crippen molar-refractivity contribution in [2.24, 2.45) is 50.2 Å². The van der Waals surface area contributed by atoms with Crippen LogP contribution in [0.3, 0.4) is 0 Å². The lowest BCUT2D eigenvalue weighted by Crippen LogP contribution is -2.66. The van der Waals surface area contributed by atoms with Crippen LogP contribution in [0.1, 0.15) is 120 Å². The van der Waals surface area contributed by atoms with E-state index in [1.165, 1.54) is 12.5 Å². The molecule has 5 heterocycles. The predicted octanol–water partition coefficient (Wildman–Crippen LogP) is -2.54. The van der Waals surface area contributed by atoms with Crippen molar-refractivity contribution in [2.75, 3.05) is 26.4 Å². The van der Waals surface area contributed by atoms with Gasteiger partial charge in [-0.1, -0.05) is 60.1 Å². The van der Waals surface area contributed by atoms with Crippen LogP contribution >= 0.6 is 0 Å². The second kappa shape index (κ2) is 24.4. The third kappa shape index (κ3) is 11.2. The van der Waals surface area contributed by atoms with Gasteiger partial charge in [0.2, 0.25) is 6.29 Å². The average Bonchev–Trinajstić information content (AvgIpc) is 0.725. The quantitative estimate of drug-likeness (QED) is 0.0513. The van der Waals surface area contributed by atoms with Crippen molar-refractivity contribution in [1.29, 1.82) is 0 Å². The van der Waals surface area contributed by atoms with Gasteiger partial charge in [-0.05, 0) is 116 Å². The van der Waals surface area contributed by atoms with E-state index in [9.17, 15) is 76.6 Å². The summed E-state index contributed by atoms with van der Waals surface area (Å²) in [6, 6.07) is 0. The van der Waals surface area contributed by atoms with E-state index >= 15 is 4.79 Å². The van der Waals surface area contributed by atoms with E-state index in [1.54, 1.807) is 0 Å². The first-order valence-corrected chi connectivity index (χ1v) is 30.6. The van der Waals surface area contributed by atoms with Crippen LogP contribution < -0.4 is 0 Å². The summed E-state index contributed by atoms with van der Waals surface area (Å²) in [6.07, 6.45) is -29.3. The van der Waals surface area contributed by atoms with Gasteiger partial charge in [0.1, 0.15) is 110 Å². The van der Waals surface area contributed by atoms with Gasteiger partial charge in [-0.25, -0.2) is 0 Å². The molecule has 0 radical (unpaired) electrons. The van der Waals surface area contributed by atoms with E-state index in [4.69, 9.17) is 47.4 Å². The number of hydrogen-bond donors (Lipinski definition) is 15. The van der Waals surface area contributed by atoms with Crippen LogP contribution in [0.25, 0.3) is 0 Å². The number of allylic oxidation sites excluding steroid dienone is 2. The Balaban J connectivity index is 0.812. The van der Waals surface area contributed by atoms with Crippen LogP contribution in [0.5, 0.6) is 0 Å². The third-order valence-electron chi connectivity index (χ3n) is 23.1. The molecule has 5 aliphatic carbocycles. The first kappa shape index (κ1) is 66.2. The summed E-state index contributed by atoms with van der Waals surface area (Å²) < 4.78 is 59.0. The molecule has 4 saturated carbocycles. The number of aliphatic hydroxyl groups excluding tert-OH is 15. The second-order valence-corrected chi connectivity index (χ2v) is 28.7. The summed E-state index contributed by atoms with van der Waals surface area (Å²) in [5.41, 5.74) is -1.17. The molecule has 0 amide bonds. The van der Waals surface area contributed by atoms with Gasteiger partial charge >= 0.3 is 5.97 Å². The molecule has 85 heavy (non-hydrogen) atoms. The first-order chi connectivity index (χ1) is 39.8. The van der Waals surface area contributed by atoms with Crippen LogP contribution in [-0.2, 0) is 52.2 Å². The summed E-state index contributed by atoms with van der Waals surface area (Å²) in [6.45, 7) is 15.0. The van der Waals surface area contributed by atoms with Crippen LogP contribution in [0.2, 0.25) is 0 Å². The minimum atomic E-state index is -1.89. The molecule has 32 atom stereocenters. The molecule has 0 bridgehead atoms. The van der Waals surface area contributed by atoms with E-state index in [1.807, 2.05) is 0 Å². The highest BCUT2D eigenvalue weighted by Gasteiger charge is 2.70. The van der Waals surface area contributed by atoms with Crippen molar-refractivity contribution in [3.63, 3.8) is 0 Å². The van der Waals surface area contributed by atoms with Gasteiger partial charge in [0.05, 0.1) is 44.1 Å². The maximum absolute atomic E-state index is 15.2. The molecule has 0 aromatic rings. The standard InChI is InChI=1S/C59H96O26/c1-24-34(63)37(66)41(70)50(78-24)84-47-29(21-61)80-48(44(73)40(47)69)77-23-30-36(65)39(68)43(72)52(81-30)85-53(75)59-17-15-54(2,3)19-26(59)25-9-10-32-56(6)13-12-33(55(4,5)31(56)11-14-58(32,8)57(25,7)16-18-59)82-49-45(74)46(27(62)22-76-49)83-51-42(71)38(67)35(64)28(20-60)79-51/h9,24,26-52,60-74H,10-23H2,1-8H3/t24-,26+,27-,28+,29+,30+,31+,32+,33-,34-,35+,36+,37+,38-,39-,40+,41+,42+,43+,44+,45+,46-,47+,48+,49-,50-,51-,52-,56-,57+,58+,59-/m0/s1. The van der Waals surface area contributed by atoms with Gasteiger partial charge in [0.25, 0.3) is 0 Å². The average molecular weight is 1220 g/mol. The fraction of sp³-hybridized carbons (Fsp3) is 0.949.